The van der Waals surface area contributed by atoms with Gasteiger partial charge in [0.15, 0.2) is 12.0 Å². The number of carbonyl (C=O) groups excluding carboxylic acids is 2. The number of halogens is 1. The lowest BCUT2D eigenvalue weighted by molar-refractivity contribution is -0.139. The molecule has 6 nitrogen and oxygen atoms in total. The van der Waals surface area contributed by atoms with E-state index in [4.69, 9.17) is 11.6 Å². The van der Waals surface area contributed by atoms with Crippen LogP contribution in [0.4, 0.5) is 5.69 Å². The molecule has 0 heterocycles. The molecule has 0 aromatic heterocycles. The maximum atomic E-state index is 11.4. The highest BCUT2D eigenvalue weighted by Gasteiger charge is 2.16. The molecule has 0 amide bonds. The van der Waals surface area contributed by atoms with Gasteiger partial charge in [0.2, 0.25) is 5.70 Å². The Labute approximate surface area is 114 Å². The zero-order valence-corrected chi connectivity index (χ0v) is 10.8. The van der Waals surface area contributed by atoms with Gasteiger partial charge >= 0.3 is 5.97 Å². The molecule has 7 heteroatoms. The molecule has 0 saturated carbocycles. The molecular formula is C12H11ClN2O4. The van der Waals surface area contributed by atoms with Crippen LogP contribution in [0, 0.1) is 0 Å². The van der Waals surface area contributed by atoms with Crippen LogP contribution in [0.2, 0.25) is 5.02 Å². The number of aliphatic hydroxyl groups is 1. The predicted molar refractivity (Wildman–Crippen MR) is 68.3 cm³/mol. The minimum atomic E-state index is -0.926. The van der Waals surface area contributed by atoms with Crippen molar-refractivity contribution in [3.63, 3.8) is 0 Å². The molecule has 0 spiro atoms. The van der Waals surface area contributed by atoms with Crippen LogP contribution in [0.25, 0.3) is 0 Å². The first kappa shape index (κ1) is 14.8. The van der Waals surface area contributed by atoms with E-state index in [1.807, 2.05) is 0 Å². The van der Waals surface area contributed by atoms with Gasteiger partial charge in [-0.05, 0) is 31.2 Å². The average molecular weight is 283 g/mol. The zero-order valence-electron chi connectivity index (χ0n) is 10.0. The quantitative estimate of drug-likeness (QED) is 0.296. The number of azo groups is 1. The lowest BCUT2D eigenvalue weighted by Gasteiger charge is -2.01. The van der Waals surface area contributed by atoms with Crippen molar-refractivity contribution in [3.8, 4) is 0 Å². The molecule has 100 valence electrons. The van der Waals surface area contributed by atoms with E-state index in [2.05, 4.69) is 15.0 Å². The Morgan fingerprint density at radius 2 is 2.05 bits per heavy atom. The highest BCUT2D eigenvalue weighted by atomic mass is 35.5. The fourth-order valence-corrected chi connectivity index (χ4v) is 1.19. The Morgan fingerprint density at radius 3 is 2.58 bits per heavy atom. The number of ether oxygens (including phenoxy) is 1. The number of esters is 1. The Bertz CT molecular complexity index is 523. The van der Waals surface area contributed by atoms with Gasteiger partial charge in [-0.2, -0.15) is 5.11 Å². The molecule has 0 aliphatic heterocycles. The van der Waals surface area contributed by atoms with E-state index in [-0.39, 0.29) is 12.9 Å². The summed E-state index contributed by atoms with van der Waals surface area (Å²) in [4.78, 5) is 21.9. The summed E-state index contributed by atoms with van der Waals surface area (Å²) in [5, 5.41) is 17.0. The van der Waals surface area contributed by atoms with Crippen molar-refractivity contribution in [2.75, 3.05) is 6.61 Å². The minimum Gasteiger partial charge on any atom is -0.503 e. The summed E-state index contributed by atoms with van der Waals surface area (Å²) in [6.07, 6.45) is 0.0904. The van der Waals surface area contributed by atoms with Gasteiger partial charge in [-0.15, -0.1) is 5.11 Å². The molecule has 0 bridgehead atoms. The topological polar surface area (TPSA) is 88.3 Å². The number of hydrogen-bond acceptors (Lipinski definition) is 6. The van der Waals surface area contributed by atoms with Crippen molar-refractivity contribution in [2.24, 2.45) is 10.2 Å². The third-order valence-corrected chi connectivity index (χ3v) is 2.17. The van der Waals surface area contributed by atoms with E-state index in [1.165, 1.54) is 0 Å². The van der Waals surface area contributed by atoms with Crippen LogP contribution in [0.5, 0.6) is 0 Å². The maximum absolute atomic E-state index is 11.4. The third kappa shape index (κ3) is 4.51. The summed E-state index contributed by atoms with van der Waals surface area (Å²) in [5.41, 5.74) is -0.142. The van der Waals surface area contributed by atoms with Crippen molar-refractivity contribution in [1.82, 2.24) is 0 Å². The molecular weight excluding hydrogens is 272 g/mol. The first-order valence-electron chi connectivity index (χ1n) is 5.31. The summed E-state index contributed by atoms with van der Waals surface area (Å²) >= 11 is 5.70. The number of carbonyl (C=O) groups is 2. The predicted octanol–water partition coefficient (Wildman–Crippen LogP) is 2.96. The van der Waals surface area contributed by atoms with Gasteiger partial charge in [-0.3, -0.25) is 4.79 Å². The Balaban J connectivity index is 2.98. The summed E-state index contributed by atoms with van der Waals surface area (Å²) in [7, 11) is 0. The molecule has 1 N–H and O–H groups in total. The summed E-state index contributed by atoms with van der Waals surface area (Å²) in [6, 6.07) is 6.30. The largest absolute Gasteiger partial charge is 0.503 e. The molecule has 1 aromatic carbocycles. The van der Waals surface area contributed by atoms with Crippen molar-refractivity contribution in [2.45, 2.75) is 6.92 Å². The number of aliphatic hydroxyl groups excluding tert-OH is 1. The van der Waals surface area contributed by atoms with E-state index in [1.54, 1.807) is 31.2 Å². The summed E-state index contributed by atoms with van der Waals surface area (Å²) < 4.78 is 4.64. The number of nitrogens with zero attached hydrogens (tertiary/aromatic N) is 2. The lowest BCUT2D eigenvalue weighted by Crippen LogP contribution is -2.09. The average Bonchev–Trinajstić information content (AvgIpc) is 2.41. The summed E-state index contributed by atoms with van der Waals surface area (Å²) in [6.45, 7) is 1.68. The van der Waals surface area contributed by atoms with Crippen LogP contribution in [0.3, 0.4) is 0 Å². The zero-order chi connectivity index (χ0) is 14.3. The highest BCUT2D eigenvalue weighted by Crippen LogP contribution is 2.18. The molecule has 0 aliphatic carbocycles. The standard InChI is InChI=1S/C12H11ClN2O4/c1-2-19-12(18)11(10(17)7-16)15-14-9-5-3-8(13)4-6-9/h3-7,17H,2H2,1H3. The Hall–Kier alpha value is -2.21. The lowest BCUT2D eigenvalue weighted by atomic mass is 10.3. The van der Waals surface area contributed by atoms with Gasteiger partial charge in [0.1, 0.15) is 0 Å². The smallest absolute Gasteiger partial charge is 0.362 e. The van der Waals surface area contributed by atoms with Crippen molar-refractivity contribution >= 4 is 29.5 Å². The van der Waals surface area contributed by atoms with Crippen LogP contribution in [0.1, 0.15) is 6.92 Å². The van der Waals surface area contributed by atoms with E-state index < -0.39 is 17.4 Å². The highest BCUT2D eigenvalue weighted by molar-refractivity contribution is 6.30. The first-order valence-corrected chi connectivity index (χ1v) is 5.69. The molecule has 0 radical (unpaired) electrons. The number of hydrogen-bond donors (Lipinski definition) is 1. The fourth-order valence-electron chi connectivity index (χ4n) is 1.07. The Morgan fingerprint density at radius 1 is 1.42 bits per heavy atom. The molecule has 1 rings (SSSR count). The summed E-state index contributed by atoms with van der Waals surface area (Å²) in [5.74, 6) is -1.76. The van der Waals surface area contributed by atoms with Crippen LogP contribution in [0.15, 0.2) is 46.0 Å². The van der Waals surface area contributed by atoms with Crippen LogP contribution < -0.4 is 0 Å². The van der Waals surface area contributed by atoms with Crippen molar-refractivity contribution in [1.29, 1.82) is 0 Å². The normalized spacial score (nSPS) is 12.1. The van der Waals surface area contributed by atoms with Crippen molar-refractivity contribution < 1.29 is 19.4 Å². The molecule has 1 aromatic rings. The van der Waals surface area contributed by atoms with Crippen LogP contribution >= 0.6 is 11.6 Å². The third-order valence-electron chi connectivity index (χ3n) is 1.92. The van der Waals surface area contributed by atoms with Crippen molar-refractivity contribution in [3.05, 3.63) is 40.7 Å². The second-order valence-electron chi connectivity index (χ2n) is 3.25. The van der Waals surface area contributed by atoms with Crippen LogP contribution in [-0.4, -0.2) is 24.0 Å². The van der Waals surface area contributed by atoms with E-state index in [0.717, 1.165) is 0 Å². The van der Waals surface area contributed by atoms with Gasteiger partial charge in [0.25, 0.3) is 0 Å². The molecule has 0 aliphatic rings. The molecule has 19 heavy (non-hydrogen) atoms. The van der Waals surface area contributed by atoms with Gasteiger partial charge in [0, 0.05) is 5.02 Å². The van der Waals surface area contributed by atoms with Crippen LogP contribution in [-0.2, 0) is 14.3 Å². The van der Waals surface area contributed by atoms with E-state index >= 15 is 0 Å². The number of aldehydes is 1. The van der Waals surface area contributed by atoms with E-state index in [9.17, 15) is 14.7 Å². The SMILES string of the molecule is CCOC(=O)C(N=Nc1ccc(Cl)cc1)=C(O)C=O. The molecule has 0 unspecified atom stereocenters. The number of rotatable bonds is 5. The van der Waals surface area contributed by atoms with Gasteiger partial charge in [-0.25, -0.2) is 4.79 Å². The van der Waals surface area contributed by atoms with Gasteiger partial charge in [0.05, 0.1) is 12.3 Å². The fraction of sp³-hybridized carbons (Fsp3) is 0.167. The van der Waals surface area contributed by atoms with Gasteiger partial charge < -0.3 is 9.84 Å². The molecule has 0 fully saturated rings. The molecule has 0 saturated heterocycles. The second-order valence-corrected chi connectivity index (χ2v) is 3.69. The Kier molecular flexibility index (Phi) is 5.69. The molecule has 0 atom stereocenters. The number of allylic oxidation sites excluding steroid dienone is 1. The maximum Gasteiger partial charge on any atom is 0.362 e. The second kappa shape index (κ2) is 7.27. The number of benzene rings is 1. The van der Waals surface area contributed by atoms with Gasteiger partial charge in [-0.1, -0.05) is 11.6 Å². The first-order chi connectivity index (χ1) is 9.08. The van der Waals surface area contributed by atoms with E-state index in [0.29, 0.717) is 10.7 Å². The minimum absolute atomic E-state index is 0.0882. The monoisotopic (exact) mass is 282 g/mol.